The molecule has 0 bridgehead atoms. The molecule has 0 spiro atoms. The molecule has 0 saturated heterocycles. The Kier molecular flexibility index (Phi) is 10.5. The third-order valence-corrected chi connectivity index (χ3v) is 1.24. The van der Waals surface area contributed by atoms with Gasteiger partial charge in [-0.25, -0.2) is 4.79 Å². The summed E-state index contributed by atoms with van der Waals surface area (Å²) in [5.41, 5.74) is 0. The normalized spacial score (nSPS) is 8.21. The smallest absolute Gasteiger partial charge is 0.372 e. The first-order valence-corrected chi connectivity index (χ1v) is 4.32. The van der Waals surface area contributed by atoms with Gasteiger partial charge in [-0.3, -0.25) is 9.59 Å². The molecule has 0 aromatic rings. The van der Waals surface area contributed by atoms with E-state index in [1.54, 1.807) is 0 Å². The number of aliphatic carboxylic acids is 1. The Morgan fingerprint density at radius 2 is 1.71 bits per heavy atom. The summed E-state index contributed by atoms with van der Waals surface area (Å²) in [7, 11) is 1.40. The van der Waals surface area contributed by atoms with Crippen LogP contribution in [0, 0.1) is 0 Å². The van der Waals surface area contributed by atoms with Crippen molar-refractivity contribution in [1.82, 2.24) is 0 Å². The maximum absolute atomic E-state index is 10.2. The first-order chi connectivity index (χ1) is 6.49. The van der Waals surface area contributed by atoms with Gasteiger partial charge in [-0.2, -0.15) is 0 Å². The van der Waals surface area contributed by atoms with E-state index in [1.807, 2.05) is 6.92 Å². The highest BCUT2D eigenvalue weighted by Crippen LogP contribution is 1.86. The van der Waals surface area contributed by atoms with Gasteiger partial charge in [0.1, 0.15) is 0 Å². The van der Waals surface area contributed by atoms with Crippen LogP contribution in [0.25, 0.3) is 0 Å². The first kappa shape index (κ1) is 15.1. The Morgan fingerprint density at radius 1 is 1.21 bits per heavy atom. The van der Waals surface area contributed by atoms with Crippen LogP contribution in [0.15, 0.2) is 0 Å². The van der Waals surface area contributed by atoms with E-state index in [9.17, 15) is 14.4 Å². The molecule has 5 nitrogen and oxygen atoms in total. The molecule has 0 unspecified atom stereocenters. The van der Waals surface area contributed by atoms with Gasteiger partial charge in [-0.15, -0.1) is 0 Å². The van der Waals surface area contributed by atoms with E-state index in [0.29, 0.717) is 6.42 Å². The second-order valence-electron chi connectivity index (χ2n) is 2.41. The van der Waals surface area contributed by atoms with E-state index >= 15 is 0 Å². The number of methoxy groups -OCH3 is 1. The van der Waals surface area contributed by atoms with E-state index in [2.05, 4.69) is 4.74 Å². The Hall–Kier alpha value is -1.39. The maximum Gasteiger partial charge on any atom is 0.372 e. The number of Topliss-reactive ketones (excluding diaryl/α,β-unsaturated/α-hetero) is 1. The van der Waals surface area contributed by atoms with Crippen LogP contribution in [-0.4, -0.2) is 29.9 Å². The molecule has 0 atom stereocenters. The van der Waals surface area contributed by atoms with E-state index < -0.39 is 11.8 Å². The Balaban J connectivity index is 0. The monoisotopic (exact) mass is 204 g/mol. The summed E-state index contributed by atoms with van der Waals surface area (Å²) in [5, 5.41) is 7.83. The minimum atomic E-state index is -1.34. The highest BCUT2D eigenvalue weighted by molar-refractivity contribution is 6.32. The Labute approximate surface area is 83.1 Å². The molecule has 0 aliphatic rings. The zero-order valence-corrected chi connectivity index (χ0v) is 8.70. The van der Waals surface area contributed by atoms with Gasteiger partial charge in [0.2, 0.25) is 5.78 Å². The van der Waals surface area contributed by atoms with E-state index in [4.69, 9.17) is 5.11 Å². The third kappa shape index (κ3) is 10.6. The van der Waals surface area contributed by atoms with Crippen LogP contribution in [0.2, 0.25) is 0 Å². The van der Waals surface area contributed by atoms with Gasteiger partial charge in [0.05, 0.1) is 7.11 Å². The van der Waals surface area contributed by atoms with E-state index in [-0.39, 0.29) is 12.4 Å². The number of carboxylic acid groups (broad SMARTS) is 1. The summed E-state index contributed by atoms with van der Waals surface area (Å²) >= 11 is 0. The van der Waals surface area contributed by atoms with Gasteiger partial charge in [0.25, 0.3) is 0 Å². The maximum atomic E-state index is 10.2. The molecule has 0 aliphatic carbocycles. The molecule has 0 saturated carbocycles. The lowest BCUT2D eigenvalue weighted by molar-refractivity contribution is -0.148. The summed E-state index contributed by atoms with van der Waals surface area (Å²) in [5.74, 6) is -2.20. The molecule has 0 aromatic heterocycles. The van der Waals surface area contributed by atoms with Crippen LogP contribution >= 0.6 is 0 Å². The summed E-state index contributed by atoms with van der Waals surface area (Å²) in [4.78, 5) is 29.7. The van der Waals surface area contributed by atoms with Crippen molar-refractivity contribution in [3.05, 3.63) is 0 Å². The fourth-order valence-corrected chi connectivity index (χ4v) is 0.457. The van der Waals surface area contributed by atoms with Crippen molar-refractivity contribution in [3.63, 3.8) is 0 Å². The molecule has 0 fully saturated rings. The molecule has 0 heterocycles. The number of hydrogen-bond donors (Lipinski definition) is 1. The number of carbonyl (C=O) groups is 3. The third-order valence-electron chi connectivity index (χ3n) is 1.24. The SMILES string of the molecule is CCC(=O)C(=O)O.CCCC(=O)OC. The molecule has 0 aromatic carbocycles. The van der Waals surface area contributed by atoms with Crippen LogP contribution in [0.1, 0.15) is 33.1 Å². The lowest BCUT2D eigenvalue weighted by atomic mass is 10.3. The molecular formula is C9H16O5. The second-order valence-corrected chi connectivity index (χ2v) is 2.41. The number of hydrogen-bond acceptors (Lipinski definition) is 4. The molecule has 1 N–H and O–H groups in total. The van der Waals surface area contributed by atoms with Crippen molar-refractivity contribution in [3.8, 4) is 0 Å². The van der Waals surface area contributed by atoms with Crippen LogP contribution in [0.3, 0.4) is 0 Å². The van der Waals surface area contributed by atoms with Crippen molar-refractivity contribution in [2.24, 2.45) is 0 Å². The average molecular weight is 204 g/mol. The van der Waals surface area contributed by atoms with Gasteiger partial charge in [-0.05, 0) is 6.42 Å². The molecule has 0 radical (unpaired) electrons. The predicted octanol–water partition coefficient (Wildman–Crippen LogP) is 1.01. The largest absolute Gasteiger partial charge is 0.476 e. The van der Waals surface area contributed by atoms with E-state index in [1.165, 1.54) is 14.0 Å². The average Bonchev–Trinajstić information content (AvgIpc) is 2.17. The zero-order chi connectivity index (χ0) is 11.6. The Bertz CT molecular complexity index is 197. The highest BCUT2D eigenvalue weighted by atomic mass is 16.5. The second kappa shape index (κ2) is 9.70. The fraction of sp³-hybridized carbons (Fsp3) is 0.667. The van der Waals surface area contributed by atoms with Gasteiger partial charge >= 0.3 is 11.9 Å². The van der Waals surface area contributed by atoms with Crippen LogP contribution in [-0.2, 0) is 19.1 Å². The van der Waals surface area contributed by atoms with Crippen molar-refractivity contribution in [2.45, 2.75) is 33.1 Å². The number of esters is 1. The molecule has 0 amide bonds. The van der Waals surface area contributed by atoms with E-state index in [0.717, 1.165) is 6.42 Å². The molecular weight excluding hydrogens is 188 g/mol. The summed E-state index contributed by atoms with van der Waals surface area (Å²) in [6.45, 7) is 3.45. The van der Waals surface area contributed by atoms with Crippen LogP contribution in [0.4, 0.5) is 0 Å². The fourth-order valence-electron chi connectivity index (χ4n) is 0.457. The van der Waals surface area contributed by atoms with Crippen molar-refractivity contribution in [1.29, 1.82) is 0 Å². The summed E-state index contributed by atoms with van der Waals surface area (Å²) < 4.78 is 4.35. The van der Waals surface area contributed by atoms with Gasteiger partial charge in [-0.1, -0.05) is 13.8 Å². The molecule has 82 valence electrons. The topological polar surface area (TPSA) is 80.7 Å². The molecule has 5 heteroatoms. The highest BCUT2D eigenvalue weighted by Gasteiger charge is 2.05. The number of carbonyl (C=O) groups excluding carboxylic acids is 2. The number of ether oxygens (including phenoxy) is 1. The minimum Gasteiger partial charge on any atom is -0.476 e. The number of rotatable bonds is 4. The molecule has 0 rings (SSSR count). The molecule has 14 heavy (non-hydrogen) atoms. The van der Waals surface area contributed by atoms with Crippen molar-refractivity contribution < 1.29 is 24.2 Å². The van der Waals surface area contributed by atoms with Crippen LogP contribution in [0.5, 0.6) is 0 Å². The summed E-state index contributed by atoms with van der Waals surface area (Å²) in [6, 6.07) is 0. The standard InChI is InChI=1S/C5H10O2.C4H6O3/c1-3-4-5(6)7-2;1-2-3(5)4(6)7/h3-4H2,1-2H3;2H2,1H3,(H,6,7). The van der Waals surface area contributed by atoms with Crippen molar-refractivity contribution in [2.75, 3.05) is 7.11 Å². The quantitative estimate of drug-likeness (QED) is 0.546. The van der Waals surface area contributed by atoms with Crippen molar-refractivity contribution >= 4 is 17.7 Å². The van der Waals surface area contributed by atoms with Gasteiger partial charge in [0, 0.05) is 12.8 Å². The summed E-state index contributed by atoms with van der Waals surface area (Å²) in [6.07, 6.45) is 1.48. The first-order valence-electron chi connectivity index (χ1n) is 4.32. The number of ketones is 1. The lowest BCUT2D eigenvalue weighted by Crippen LogP contribution is -2.09. The minimum absolute atomic E-state index is 0.0787. The molecule has 0 aliphatic heterocycles. The Morgan fingerprint density at radius 3 is 1.79 bits per heavy atom. The lowest BCUT2D eigenvalue weighted by Gasteiger charge is -1.91. The zero-order valence-electron chi connectivity index (χ0n) is 8.70. The number of carboxylic acids is 1. The van der Waals surface area contributed by atoms with Crippen LogP contribution < -0.4 is 0 Å². The van der Waals surface area contributed by atoms with Gasteiger partial charge < -0.3 is 9.84 Å². The van der Waals surface area contributed by atoms with Gasteiger partial charge in [0.15, 0.2) is 0 Å². The predicted molar refractivity (Wildman–Crippen MR) is 49.9 cm³/mol.